The number of aromatic nitrogens is 3. The summed E-state index contributed by atoms with van der Waals surface area (Å²) in [5.41, 5.74) is 3.39. The molecular formula is C16H18ClN3O. The number of ether oxygens (including phenoxy) is 1. The van der Waals surface area contributed by atoms with Crippen LogP contribution in [0.25, 0.3) is 0 Å². The zero-order valence-electron chi connectivity index (χ0n) is 12.1. The number of halogens is 1. The first-order valence-corrected chi connectivity index (χ1v) is 7.70. The average molecular weight is 304 g/mol. The molecule has 5 heteroatoms. The minimum atomic E-state index is 0.204. The van der Waals surface area contributed by atoms with E-state index in [9.17, 15) is 0 Å². The van der Waals surface area contributed by atoms with E-state index in [2.05, 4.69) is 21.0 Å². The van der Waals surface area contributed by atoms with E-state index >= 15 is 0 Å². The largest absolute Gasteiger partial charge is 0.374 e. The van der Waals surface area contributed by atoms with E-state index < -0.39 is 0 Å². The first kappa shape index (κ1) is 14.4. The molecule has 2 aromatic heterocycles. The molecule has 1 unspecified atom stereocenters. The summed E-state index contributed by atoms with van der Waals surface area (Å²) < 4.78 is 5.39. The quantitative estimate of drug-likeness (QED) is 0.811. The zero-order chi connectivity index (χ0) is 14.7. The molecule has 0 bridgehead atoms. The summed E-state index contributed by atoms with van der Waals surface area (Å²) in [6.07, 6.45) is 5.13. The molecule has 0 aromatic carbocycles. The van der Waals surface area contributed by atoms with E-state index in [4.69, 9.17) is 16.3 Å². The molecule has 2 heterocycles. The van der Waals surface area contributed by atoms with Gasteiger partial charge in [-0.3, -0.25) is 4.98 Å². The standard InChI is InChI=1S/C16H18ClN3O/c1-2-21-10-15-19-13(9-14(17)20-15)12-7-3-5-11-6-4-8-18-16(11)12/h4,6,8-9,12H,2-3,5,7,10H2,1H3. The zero-order valence-corrected chi connectivity index (χ0v) is 12.8. The Labute approximate surface area is 129 Å². The number of nitrogens with zero attached hydrogens (tertiary/aromatic N) is 3. The van der Waals surface area contributed by atoms with E-state index in [0.29, 0.717) is 24.2 Å². The summed E-state index contributed by atoms with van der Waals surface area (Å²) in [5.74, 6) is 0.846. The highest BCUT2D eigenvalue weighted by Gasteiger charge is 2.24. The van der Waals surface area contributed by atoms with Crippen LogP contribution in [-0.4, -0.2) is 21.6 Å². The van der Waals surface area contributed by atoms with Crippen molar-refractivity contribution in [1.82, 2.24) is 15.0 Å². The number of pyridine rings is 1. The Balaban J connectivity index is 1.95. The lowest BCUT2D eigenvalue weighted by Crippen LogP contribution is -2.15. The highest BCUT2D eigenvalue weighted by Crippen LogP contribution is 2.34. The van der Waals surface area contributed by atoms with Crippen molar-refractivity contribution in [2.45, 2.75) is 38.7 Å². The highest BCUT2D eigenvalue weighted by molar-refractivity contribution is 6.29. The fraction of sp³-hybridized carbons (Fsp3) is 0.438. The van der Waals surface area contributed by atoms with Crippen molar-refractivity contribution in [3.8, 4) is 0 Å². The molecule has 0 amide bonds. The fourth-order valence-corrected chi connectivity index (χ4v) is 3.03. The van der Waals surface area contributed by atoms with Crippen molar-refractivity contribution in [1.29, 1.82) is 0 Å². The van der Waals surface area contributed by atoms with Crippen molar-refractivity contribution < 1.29 is 4.74 Å². The SMILES string of the molecule is CCOCc1nc(Cl)cc(C2CCCc3cccnc32)n1. The molecule has 0 saturated heterocycles. The second kappa shape index (κ2) is 6.50. The molecule has 0 saturated carbocycles. The van der Waals surface area contributed by atoms with Crippen molar-refractivity contribution in [2.24, 2.45) is 0 Å². The molecule has 0 aliphatic heterocycles. The maximum Gasteiger partial charge on any atom is 0.155 e. The van der Waals surface area contributed by atoms with Gasteiger partial charge in [0.2, 0.25) is 0 Å². The molecule has 4 nitrogen and oxygen atoms in total. The Bertz CT molecular complexity index is 633. The predicted octanol–water partition coefficient (Wildman–Crippen LogP) is 3.53. The van der Waals surface area contributed by atoms with E-state index in [1.54, 1.807) is 0 Å². The monoisotopic (exact) mass is 303 g/mol. The molecule has 21 heavy (non-hydrogen) atoms. The lowest BCUT2D eigenvalue weighted by atomic mass is 9.84. The second-order valence-corrected chi connectivity index (χ2v) is 5.55. The van der Waals surface area contributed by atoms with Gasteiger partial charge in [-0.2, -0.15) is 0 Å². The Kier molecular flexibility index (Phi) is 4.46. The van der Waals surface area contributed by atoms with Crippen LogP contribution in [0.15, 0.2) is 24.4 Å². The van der Waals surface area contributed by atoms with Gasteiger partial charge in [-0.25, -0.2) is 9.97 Å². The molecule has 0 N–H and O–H groups in total. The maximum atomic E-state index is 6.15. The van der Waals surface area contributed by atoms with Gasteiger partial charge in [0.15, 0.2) is 5.82 Å². The molecule has 1 aliphatic carbocycles. The number of hydrogen-bond acceptors (Lipinski definition) is 4. The Hall–Kier alpha value is -1.52. The van der Waals surface area contributed by atoms with Crippen LogP contribution in [0.1, 0.15) is 48.5 Å². The lowest BCUT2D eigenvalue weighted by molar-refractivity contribution is 0.128. The van der Waals surface area contributed by atoms with E-state index in [1.165, 1.54) is 5.56 Å². The molecule has 0 spiro atoms. The summed E-state index contributed by atoms with van der Waals surface area (Å²) >= 11 is 6.15. The molecule has 1 atom stereocenters. The fourth-order valence-electron chi connectivity index (χ4n) is 2.82. The number of rotatable bonds is 4. The van der Waals surface area contributed by atoms with Gasteiger partial charge >= 0.3 is 0 Å². The Morgan fingerprint density at radius 1 is 1.38 bits per heavy atom. The van der Waals surface area contributed by atoms with Gasteiger partial charge in [0, 0.05) is 18.7 Å². The van der Waals surface area contributed by atoms with Crippen molar-refractivity contribution in [3.05, 3.63) is 52.3 Å². The van der Waals surface area contributed by atoms with Gasteiger partial charge in [0.25, 0.3) is 0 Å². The normalized spacial score (nSPS) is 17.5. The minimum absolute atomic E-state index is 0.204. The summed E-state index contributed by atoms with van der Waals surface area (Å²) in [7, 11) is 0. The van der Waals surface area contributed by atoms with Crippen LogP contribution in [0.3, 0.4) is 0 Å². The van der Waals surface area contributed by atoms with E-state index in [0.717, 1.165) is 30.7 Å². The highest BCUT2D eigenvalue weighted by atomic mass is 35.5. The van der Waals surface area contributed by atoms with Crippen LogP contribution < -0.4 is 0 Å². The van der Waals surface area contributed by atoms with Gasteiger partial charge in [0.1, 0.15) is 11.8 Å². The van der Waals surface area contributed by atoms with Crippen molar-refractivity contribution in [3.63, 3.8) is 0 Å². The summed E-state index contributed by atoms with van der Waals surface area (Å²) in [4.78, 5) is 13.4. The van der Waals surface area contributed by atoms with Crippen LogP contribution in [0.4, 0.5) is 0 Å². The molecule has 0 fully saturated rings. The first-order chi connectivity index (χ1) is 10.3. The van der Waals surface area contributed by atoms with Crippen molar-refractivity contribution >= 4 is 11.6 Å². The third-order valence-electron chi connectivity index (χ3n) is 3.75. The minimum Gasteiger partial charge on any atom is -0.374 e. The van der Waals surface area contributed by atoms with Crippen LogP contribution in [0.5, 0.6) is 0 Å². The van der Waals surface area contributed by atoms with Gasteiger partial charge in [-0.05, 0) is 43.9 Å². The molecule has 1 aliphatic rings. The molecule has 110 valence electrons. The smallest absolute Gasteiger partial charge is 0.155 e. The topological polar surface area (TPSA) is 47.9 Å². The number of hydrogen-bond donors (Lipinski definition) is 0. The number of aryl methyl sites for hydroxylation is 1. The van der Waals surface area contributed by atoms with Crippen LogP contribution in [0, 0.1) is 0 Å². The Morgan fingerprint density at radius 2 is 2.29 bits per heavy atom. The van der Waals surface area contributed by atoms with Gasteiger partial charge in [-0.1, -0.05) is 17.7 Å². The molecular weight excluding hydrogens is 286 g/mol. The average Bonchev–Trinajstić information content (AvgIpc) is 2.52. The third kappa shape index (κ3) is 3.22. The molecule has 2 aromatic rings. The van der Waals surface area contributed by atoms with Gasteiger partial charge in [-0.15, -0.1) is 0 Å². The van der Waals surface area contributed by atoms with E-state index in [1.807, 2.05) is 25.3 Å². The Morgan fingerprint density at radius 3 is 3.14 bits per heavy atom. The first-order valence-electron chi connectivity index (χ1n) is 7.33. The van der Waals surface area contributed by atoms with Crippen LogP contribution in [0.2, 0.25) is 5.15 Å². The summed E-state index contributed by atoms with van der Waals surface area (Å²) in [6.45, 7) is 2.98. The van der Waals surface area contributed by atoms with Crippen LogP contribution in [-0.2, 0) is 17.8 Å². The summed E-state index contributed by atoms with van der Waals surface area (Å²) in [5, 5.41) is 0.470. The number of fused-ring (bicyclic) bond motifs is 1. The van der Waals surface area contributed by atoms with Crippen molar-refractivity contribution in [2.75, 3.05) is 6.61 Å². The second-order valence-electron chi connectivity index (χ2n) is 5.16. The van der Waals surface area contributed by atoms with Gasteiger partial charge in [0.05, 0.1) is 11.4 Å². The van der Waals surface area contributed by atoms with Crippen LogP contribution >= 0.6 is 11.6 Å². The van der Waals surface area contributed by atoms with Gasteiger partial charge < -0.3 is 4.74 Å². The molecule has 0 radical (unpaired) electrons. The molecule has 3 rings (SSSR count). The van der Waals surface area contributed by atoms with E-state index in [-0.39, 0.29) is 5.92 Å². The third-order valence-corrected chi connectivity index (χ3v) is 3.94. The summed E-state index contributed by atoms with van der Waals surface area (Å²) in [6, 6.07) is 6.00. The maximum absolute atomic E-state index is 6.15. The lowest BCUT2D eigenvalue weighted by Gasteiger charge is -2.24. The predicted molar refractivity (Wildman–Crippen MR) is 81.4 cm³/mol.